The molecule has 2 amide bonds. The van der Waals surface area contributed by atoms with E-state index < -0.39 is 17.7 Å². The van der Waals surface area contributed by atoms with E-state index in [2.05, 4.69) is 16.3 Å². The topological polar surface area (TPSA) is 61.9 Å². The van der Waals surface area contributed by atoms with Crippen molar-refractivity contribution in [1.82, 2.24) is 10.2 Å². The van der Waals surface area contributed by atoms with Gasteiger partial charge in [0.25, 0.3) is 0 Å². The highest BCUT2D eigenvalue weighted by Gasteiger charge is 2.43. The highest BCUT2D eigenvalue weighted by Crippen LogP contribution is 2.49. The average molecular weight is 486 g/mol. The van der Waals surface area contributed by atoms with Gasteiger partial charge >= 0.3 is 6.09 Å². The molecule has 3 aliphatic rings. The monoisotopic (exact) mass is 485 g/mol. The molecule has 1 saturated heterocycles. The normalized spacial score (nSPS) is 22.9. The fraction of sp³-hybridized carbons (Fsp3) is 0.538. The number of carbonyl (C=O) groups is 2. The summed E-state index contributed by atoms with van der Waals surface area (Å²) in [6.07, 6.45) is 5.94. The van der Waals surface area contributed by atoms with Gasteiger partial charge in [0.2, 0.25) is 5.91 Å². The number of benzene rings is 2. The van der Waals surface area contributed by atoms with Crippen molar-refractivity contribution in [3.8, 4) is 0 Å². The number of ether oxygens (including phenoxy) is 1. The fourth-order valence-corrected chi connectivity index (χ4v) is 6.55. The van der Waals surface area contributed by atoms with Gasteiger partial charge in [0.05, 0.1) is 5.69 Å². The Morgan fingerprint density at radius 2 is 1.85 bits per heavy atom. The Labute approximate surface area is 204 Å². The summed E-state index contributed by atoms with van der Waals surface area (Å²) in [5, 5.41) is 5.08. The van der Waals surface area contributed by atoms with E-state index in [1.54, 1.807) is 17.8 Å². The molecule has 2 aromatic carbocycles. The molecule has 182 valence electrons. The zero-order valence-electron chi connectivity index (χ0n) is 20.0. The number of thioether (sulfide) groups is 1. The summed E-state index contributed by atoms with van der Waals surface area (Å²) in [6.45, 7) is 5.99. The highest BCUT2D eigenvalue weighted by atomic mass is 32.2. The molecule has 2 aromatic rings. The van der Waals surface area contributed by atoms with E-state index >= 15 is 0 Å². The first kappa shape index (κ1) is 23.3. The molecule has 0 radical (unpaired) electrons. The van der Waals surface area contributed by atoms with Gasteiger partial charge in [-0.15, -0.1) is 0 Å². The Hall–Kier alpha value is -2.48. The average Bonchev–Trinajstić information content (AvgIpc) is 3.09. The second-order valence-corrected chi connectivity index (χ2v) is 11.5. The van der Waals surface area contributed by atoms with E-state index in [1.165, 1.54) is 30.2 Å². The number of amides is 2. The second-order valence-electron chi connectivity index (χ2n) is 10.4. The number of nitrogens with zero attached hydrogens (tertiary/aromatic N) is 2. The maximum Gasteiger partial charge on any atom is 0.410 e. The van der Waals surface area contributed by atoms with Gasteiger partial charge in [-0.2, -0.15) is 0 Å². The minimum absolute atomic E-state index is 0.154. The van der Waals surface area contributed by atoms with E-state index in [1.807, 2.05) is 32.9 Å². The van der Waals surface area contributed by atoms with Crippen LogP contribution in [0.5, 0.6) is 0 Å². The molecule has 1 unspecified atom stereocenters. The SMILES string of the molecule is CC(C)(C)OC(=O)N1CC[C@@H]1C(=O)NC1Sc2c(ccc3cc(F)ccc23)N1C1CCCCC1. The lowest BCUT2D eigenvalue weighted by atomic mass is 9.93. The molecule has 6 nitrogen and oxygen atoms in total. The number of nitrogens with one attached hydrogen (secondary N) is 1. The van der Waals surface area contributed by atoms with Crippen LogP contribution < -0.4 is 10.2 Å². The summed E-state index contributed by atoms with van der Waals surface area (Å²) >= 11 is 1.61. The van der Waals surface area contributed by atoms with Crippen molar-refractivity contribution in [1.29, 1.82) is 0 Å². The van der Waals surface area contributed by atoms with Crippen LogP contribution in [-0.2, 0) is 9.53 Å². The molecule has 1 aliphatic carbocycles. The largest absolute Gasteiger partial charge is 0.444 e. The Balaban J connectivity index is 1.39. The summed E-state index contributed by atoms with van der Waals surface area (Å²) in [5.41, 5.74) is 0.232. The van der Waals surface area contributed by atoms with Crippen LogP contribution in [0.4, 0.5) is 14.9 Å². The van der Waals surface area contributed by atoms with E-state index in [9.17, 15) is 14.0 Å². The van der Waals surface area contributed by atoms with E-state index in [-0.39, 0.29) is 17.2 Å². The minimum atomic E-state index is -0.602. The van der Waals surface area contributed by atoms with E-state index in [4.69, 9.17) is 4.74 Å². The lowest BCUT2D eigenvalue weighted by Crippen LogP contribution is -2.61. The Bertz CT molecular complexity index is 1110. The molecule has 8 heteroatoms. The molecule has 0 spiro atoms. The quantitative estimate of drug-likeness (QED) is 0.610. The van der Waals surface area contributed by atoms with Crippen molar-refractivity contribution in [3.05, 3.63) is 36.1 Å². The van der Waals surface area contributed by atoms with Crippen LogP contribution >= 0.6 is 11.8 Å². The molecular formula is C26H32FN3O3S. The molecule has 2 atom stereocenters. The third-order valence-corrected chi connectivity index (χ3v) is 8.09. The van der Waals surface area contributed by atoms with E-state index in [0.29, 0.717) is 19.0 Å². The molecule has 2 fully saturated rings. The molecule has 1 N–H and O–H groups in total. The molecule has 1 saturated carbocycles. The van der Waals surface area contributed by atoms with Gasteiger partial charge in [-0.05, 0) is 69.0 Å². The van der Waals surface area contributed by atoms with Gasteiger partial charge < -0.3 is 15.0 Å². The summed E-state index contributed by atoms with van der Waals surface area (Å²) in [7, 11) is 0. The fourth-order valence-electron chi connectivity index (χ4n) is 5.15. The molecular weight excluding hydrogens is 453 g/mol. The second kappa shape index (κ2) is 8.95. The lowest BCUT2D eigenvalue weighted by Gasteiger charge is -2.42. The Kier molecular flexibility index (Phi) is 6.12. The van der Waals surface area contributed by atoms with Crippen LogP contribution in [0.15, 0.2) is 35.2 Å². The molecule has 0 aromatic heterocycles. The summed E-state index contributed by atoms with van der Waals surface area (Å²) < 4.78 is 19.3. The van der Waals surface area contributed by atoms with Gasteiger partial charge in [-0.25, -0.2) is 9.18 Å². The van der Waals surface area contributed by atoms with Crippen molar-refractivity contribution >= 4 is 40.2 Å². The number of anilines is 1. The van der Waals surface area contributed by atoms with Crippen LogP contribution in [0, 0.1) is 5.82 Å². The molecule has 34 heavy (non-hydrogen) atoms. The smallest absolute Gasteiger partial charge is 0.410 e. The molecule has 0 bridgehead atoms. The van der Waals surface area contributed by atoms with Gasteiger partial charge in [0, 0.05) is 17.5 Å². The number of fused-ring (bicyclic) bond motifs is 3. The molecule has 2 aliphatic heterocycles. The Morgan fingerprint density at radius 1 is 1.09 bits per heavy atom. The van der Waals surface area contributed by atoms with Crippen LogP contribution in [0.25, 0.3) is 10.8 Å². The minimum Gasteiger partial charge on any atom is -0.444 e. The summed E-state index contributed by atoms with van der Waals surface area (Å²) in [5.74, 6) is -0.407. The van der Waals surface area contributed by atoms with Crippen LogP contribution in [-0.4, -0.2) is 46.6 Å². The maximum atomic E-state index is 13.8. The van der Waals surface area contributed by atoms with Crippen molar-refractivity contribution < 1.29 is 18.7 Å². The Morgan fingerprint density at radius 3 is 2.53 bits per heavy atom. The lowest BCUT2D eigenvalue weighted by molar-refractivity contribution is -0.130. The van der Waals surface area contributed by atoms with Gasteiger partial charge in [0.1, 0.15) is 17.5 Å². The highest BCUT2D eigenvalue weighted by molar-refractivity contribution is 8.00. The van der Waals surface area contributed by atoms with Crippen LogP contribution in [0.1, 0.15) is 59.3 Å². The van der Waals surface area contributed by atoms with Crippen LogP contribution in [0.3, 0.4) is 0 Å². The third-order valence-electron chi connectivity index (χ3n) is 6.86. The standard InChI is InChI=1S/C26H32FN3O3S/c1-26(2,3)33-25(32)29-14-13-21(29)23(31)28-24-30(18-7-5-4-6-8-18)20-12-9-16-15-17(27)10-11-19(16)22(20)34-24/h9-12,15,18,21,24H,4-8,13-14H2,1-3H3,(H,28,31)/t21-,24?/m1/s1. The third kappa shape index (κ3) is 4.44. The van der Waals surface area contributed by atoms with Crippen LogP contribution in [0.2, 0.25) is 0 Å². The first-order chi connectivity index (χ1) is 16.2. The zero-order chi connectivity index (χ0) is 24.0. The predicted octanol–water partition coefficient (Wildman–Crippen LogP) is 5.63. The molecule has 5 rings (SSSR count). The number of hydrogen-bond donors (Lipinski definition) is 1. The first-order valence-electron chi connectivity index (χ1n) is 12.2. The number of carbonyl (C=O) groups excluding carboxylic acids is 2. The number of hydrogen-bond acceptors (Lipinski definition) is 5. The van der Waals surface area contributed by atoms with Gasteiger partial charge in [-0.3, -0.25) is 9.69 Å². The summed E-state index contributed by atoms with van der Waals surface area (Å²) in [6, 6.07) is 8.73. The first-order valence-corrected chi connectivity index (χ1v) is 13.1. The predicted molar refractivity (Wildman–Crippen MR) is 132 cm³/mol. The van der Waals surface area contributed by atoms with Crippen molar-refractivity contribution in [3.63, 3.8) is 0 Å². The number of halogens is 1. The van der Waals surface area contributed by atoms with Gasteiger partial charge in [-0.1, -0.05) is 43.2 Å². The van der Waals surface area contributed by atoms with E-state index in [0.717, 1.165) is 34.2 Å². The number of likely N-dealkylation sites (tertiary alicyclic amines) is 1. The van der Waals surface area contributed by atoms with Gasteiger partial charge in [0.15, 0.2) is 5.50 Å². The van der Waals surface area contributed by atoms with Crippen molar-refractivity contribution in [2.24, 2.45) is 0 Å². The van der Waals surface area contributed by atoms with Crippen molar-refractivity contribution in [2.75, 3.05) is 11.4 Å². The number of rotatable bonds is 3. The maximum absolute atomic E-state index is 13.8. The van der Waals surface area contributed by atoms with Crippen molar-refractivity contribution in [2.45, 2.75) is 87.4 Å². The summed E-state index contributed by atoms with van der Waals surface area (Å²) in [4.78, 5) is 30.8. The molecule has 2 heterocycles. The zero-order valence-corrected chi connectivity index (χ0v) is 20.8.